The van der Waals surface area contributed by atoms with Crippen molar-refractivity contribution >= 4 is 11.9 Å². The summed E-state index contributed by atoms with van der Waals surface area (Å²) in [5.41, 5.74) is 0.411. The van der Waals surface area contributed by atoms with E-state index in [1.54, 1.807) is 45.3 Å². The SMILES string of the molecule is COCCOc1ccccc1C(=O)N(C)CC(C)C(=O)O. The van der Waals surface area contributed by atoms with Crippen LogP contribution in [0, 0.1) is 5.92 Å². The minimum atomic E-state index is -0.931. The molecule has 0 bridgehead atoms. The van der Waals surface area contributed by atoms with Gasteiger partial charge < -0.3 is 19.5 Å². The lowest BCUT2D eigenvalue weighted by molar-refractivity contribution is -0.141. The van der Waals surface area contributed by atoms with E-state index >= 15 is 0 Å². The topological polar surface area (TPSA) is 76.1 Å². The molecule has 0 spiro atoms. The van der Waals surface area contributed by atoms with Crippen molar-refractivity contribution in [3.05, 3.63) is 29.8 Å². The standard InChI is InChI=1S/C15H21NO5/c1-11(15(18)19)10-16(2)14(17)12-6-4-5-7-13(12)21-9-8-20-3/h4-7,11H,8-10H2,1-3H3,(H,18,19). The molecule has 6 nitrogen and oxygen atoms in total. The fourth-order valence-corrected chi connectivity index (χ4v) is 1.78. The van der Waals surface area contributed by atoms with E-state index in [2.05, 4.69) is 0 Å². The Hall–Kier alpha value is -2.08. The highest BCUT2D eigenvalue weighted by Gasteiger charge is 2.20. The molecule has 0 saturated carbocycles. The Balaban J connectivity index is 2.79. The van der Waals surface area contributed by atoms with E-state index in [4.69, 9.17) is 14.6 Å². The van der Waals surface area contributed by atoms with E-state index in [9.17, 15) is 9.59 Å². The number of amides is 1. The molecular weight excluding hydrogens is 274 g/mol. The van der Waals surface area contributed by atoms with Crippen molar-refractivity contribution in [2.45, 2.75) is 6.92 Å². The third-order valence-electron chi connectivity index (χ3n) is 2.98. The summed E-state index contributed by atoms with van der Waals surface area (Å²) in [6.45, 7) is 2.47. The second-order valence-corrected chi connectivity index (χ2v) is 4.76. The van der Waals surface area contributed by atoms with Gasteiger partial charge in [0.2, 0.25) is 0 Å². The molecule has 6 heteroatoms. The van der Waals surface area contributed by atoms with Crippen LogP contribution in [0.1, 0.15) is 17.3 Å². The summed E-state index contributed by atoms with van der Waals surface area (Å²) in [5.74, 6) is -1.36. The minimum Gasteiger partial charge on any atom is -0.490 e. The minimum absolute atomic E-state index is 0.139. The number of hydrogen-bond acceptors (Lipinski definition) is 4. The van der Waals surface area contributed by atoms with Crippen LogP contribution >= 0.6 is 0 Å². The Morgan fingerprint density at radius 1 is 1.29 bits per heavy atom. The monoisotopic (exact) mass is 295 g/mol. The quantitative estimate of drug-likeness (QED) is 0.736. The number of carboxylic acids is 1. The number of methoxy groups -OCH3 is 1. The zero-order valence-corrected chi connectivity index (χ0v) is 12.5. The smallest absolute Gasteiger partial charge is 0.308 e. The molecule has 1 aromatic rings. The van der Waals surface area contributed by atoms with Crippen LogP contribution in [0.15, 0.2) is 24.3 Å². The maximum Gasteiger partial charge on any atom is 0.308 e. The predicted molar refractivity (Wildman–Crippen MR) is 77.6 cm³/mol. The summed E-state index contributed by atoms with van der Waals surface area (Å²) < 4.78 is 10.4. The van der Waals surface area contributed by atoms with Gasteiger partial charge in [-0.2, -0.15) is 0 Å². The molecule has 1 unspecified atom stereocenters. The first-order valence-corrected chi connectivity index (χ1v) is 6.66. The lowest BCUT2D eigenvalue weighted by Crippen LogP contribution is -2.34. The molecule has 1 rings (SSSR count). The molecule has 0 radical (unpaired) electrons. The number of nitrogens with zero attached hydrogens (tertiary/aromatic N) is 1. The average molecular weight is 295 g/mol. The van der Waals surface area contributed by atoms with E-state index < -0.39 is 11.9 Å². The van der Waals surface area contributed by atoms with Crippen LogP contribution in [0.5, 0.6) is 5.75 Å². The van der Waals surface area contributed by atoms with Crippen LogP contribution in [-0.2, 0) is 9.53 Å². The normalized spacial score (nSPS) is 11.8. The molecule has 0 aliphatic heterocycles. The number of aliphatic carboxylic acids is 1. The Morgan fingerprint density at radius 2 is 1.95 bits per heavy atom. The molecule has 1 aromatic carbocycles. The molecule has 1 N–H and O–H groups in total. The number of carboxylic acid groups (broad SMARTS) is 1. The van der Waals surface area contributed by atoms with E-state index in [1.165, 1.54) is 4.90 Å². The zero-order valence-electron chi connectivity index (χ0n) is 12.5. The predicted octanol–water partition coefficient (Wildman–Crippen LogP) is 1.50. The van der Waals surface area contributed by atoms with Gasteiger partial charge in [-0.15, -0.1) is 0 Å². The van der Waals surface area contributed by atoms with E-state index in [-0.39, 0.29) is 12.5 Å². The molecule has 21 heavy (non-hydrogen) atoms. The molecule has 0 saturated heterocycles. The first-order valence-electron chi connectivity index (χ1n) is 6.66. The molecule has 0 aromatic heterocycles. The van der Waals surface area contributed by atoms with Gasteiger partial charge in [0.15, 0.2) is 0 Å². The molecular formula is C15H21NO5. The third kappa shape index (κ3) is 5.07. The van der Waals surface area contributed by atoms with Crippen molar-refractivity contribution in [1.82, 2.24) is 4.90 Å². The lowest BCUT2D eigenvalue weighted by Gasteiger charge is -2.21. The summed E-state index contributed by atoms with van der Waals surface area (Å²) in [5, 5.41) is 8.90. The number of para-hydroxylation sites is 1. The van der Waals surface area contributed by atoms with Crippen molar-refractivity contribution < 1.29 is 24.2 Å². The fourth-order valence-electron chi connectivity index (χ4n) is 1.78. The highest BCUT2D eigenvalue weighted by molar-refractivity contribution is 5.97. The van der Waals surface area contributed by atoms with Gasteiger partial charge >= 0.3 is 5.97 Å². The highest BCUT2D eigenvalue weighted by atomic mass is 16.5. The Bertz CT molecular complexity index is 489. The second kappa shape index (κ2) is 8.26. The summed E-state index contributed by atoms with van der Waals surface area (Å²) in [6.07, 6.45) is 0. The summed E-state index contributed by atoms with van der Waals surface area (Å²) in [6, 6.07) is 6.88. The number of benzene rings is 1. The van der Waals surface area contributed by atoms with Crippen LogP contribution in [0.4, 0.5) is 0 Å². The van der Waals surface area contributed by atoms with Gasteiger partial charge in [-0.25, -0.2) is 0 Å². The molecule has 0 fully saturated rings. The van der Waals surface area contributed by atoms with Gasteiger partial charge in [0.05, 0.1) is 18.1 Å². The molecule has 0 aliphatic carbocycles. The second-order valence-electron chi connectivity index (χ2n) is 4.76. The van der Waals surface area contributed by atoms with Crippen molar-refractivity contribution in [3.63, 3.8) is 0 Å². The van der Waals surface area contributed by atoms with Crippen LogP contribution in [0.25, 0.3) is 0 Å². The van der Waals surface area contributed by atoms with Crippen molar-refractivity contribution in [2.75, 3.05) is 33.9 Å². The van der Waals surface area contributed by atoms with Crippen LogP contribution in [-0.4, -0.2) is 55.8 Å². The van der Waals surface area contributed by atoms with E-state index in [0.717, 1.165) is 0 Å². The number of rotatable bonds is 8. The van der Waals surface area contributed by atoms with Crippen LogP contribution < -0.4 is 4.74 Å². The molecule has 0 heterocycles. The summed E-state index contributed by atoms with van der Waals surface area (Å²) >= 11 is 0. The number of hydrogen-bond donors (Lipinski definition) is 1. The van der Waals surface area contributed by atoms with Crippen molar-refractivity contribution in [2.24, 2.45) is 5.92 Å². The number of carbonyl (C=O) groups excluding carboxylic acids is 1. The van der Waals surface area contributed by atoms with Crippen molar-refractivity contribution in [3.8, 4) is 5.75 Å². The summed E-state index contributed by atoms with van der Waals surface area (Å²) in [4.78, 5) is 24.6. The number of ether oxygens (including phenoxy) is 2. The first kappa shape index (κ1) is 17.0. The molecule has 116 valence electrons. The fraction of sp³-hybridized carbons (Fsp3) is 0.467. The van der Waals surface area contributed by atoms with Gasteiger partial charge in [-0.3, -0.25) is 9.59 Å². The maximum absolute atomic E-state index is 12.4. The molecule has 1 amide bonds. The van der Waals surface area contributed by atoms with E-state index in [0.29, 0.717) is 24.5 Å². The molecule has 1 atom stereocenters. The highest BCUT2D eigenvalue weighted by Crippen LogP contribution is 2.20. The van der Waals surface area contributed by atoms with Gasteiger partial charge in [-0.1, -0.05) is 19.1 Å². The average Bonchev–Trinajstić information content (AvgIpc) is 2.47. The van der Waals surface area contributed by atoms with Crippen LogP contribution in [0.3, 0.4) is 0 Å². The zero-order chi connectivity index (χ0) is 15.8. The van der Waals surface area contributed by atoms with Crippen molar-refractivity contribution in [1.29, 1.82) is 0 Å². The Kier molecular flexibility index (Phi) is 6.68. The third-order valence-corrected chi connectivity index (χ3v) is 2.98. The van der Waals surface area contributed by atoms with Gasteiger partial charge in [-0.05, 0) is 12.1 Å². The maximum atomic E-state index is 12.4. The largest absolute Gasteiger partial charge is 0.490 e. The first-order chi connectivity index (χ1) is 9.97. The van der Waals surface area contributed by atoms with Crippen LogP contribution in [0.2, 0.25) is 0 Å². The molecule has 0 aliphatic rings. The van der Waals surface area contributed by atoms with E-state index in [1.807, 2.05) is 0 Å². The number of carbonyl (C=O) groups is 2. The lowest BCUT2D eigenvalue weighted by atomic mass is 10.1. The summed E-state index contributed by atoms with van der Waals surface area (Å²) in [7, 11) is 3.15. The van der Waals surface area contributed by atoms with Gasteiger partial charge in [0.25, 0.3) is 5.91 Å². The van der Waals surface area contributed by atoms with Gasteiger partial charge in [0, 0.05) is 20.7 Å². The Morgan fingerprint density at radius 3 is 2.57 bits per heavy atom. The van der Waals surface area contributed by atoms with Gasteiger partial charge in [0.1, 0.15) is 12.4 Å². The Labute approximate surface area is 124 Å².